The molecule has 0 spiro atoms. The van der Waals surface area contributed by atoms with Crippen LogP contribution in [0.3, 0.4) is 0 Å². The first kappa shape index (κ1) is 20.5. The molecule has 1 amide bonds. The molecule has 3 aliphatic rings. The van der Waals surface area contributed by atoms with Gasteiger partial charge in [0.05, 0.1) is 23.5 Å². The molecule has 0 aromatic heterocycles. The topological polar surface area (TPSA) is 106 Å². The summed E-state index contributed by atoms with van der Waals surface area (Å²) in [6, 6.07) is 1.51. The third-order valence-corrected chi connectivity index (χ3v) is 6.23. The smallest absolute Gasteiger partial charge is 0.255 e. The van der Waals surface area contributed by atoms with Gasteiger partial charge in [0.25, 0.3) is 5.91 Å². The molecule has 0 saturated carbocycles. The zero-order chi connectivity index (χ0) is 20.4. The molecule has 8 nitrogen and oxygen atoms in total. The van der Waals surface area contributed by atoms with Gasteiger partial charge in [-0.2, -0.15) is 0 Å². The number of aliphatic hydroxyl groups excluding tert-OH is 1. The Kier molecular flexibility index (Phi) is 6.34. The number of carbonyl (C=O) groups is 1. The first-order valence-corrected chi connectivity index (χ1v) is 10.6. The van der Waals surface area contributed by atoms with Gasteiger partial charge in [-0.05, 0) is 31.9 Å². The number of aliphatic hydroxyl groups is 1. The van der Waals surface area contributed by atoms with Gasteiger partial charge >= 0.3 is 0 Å². The summed E-state index contributed by atoms with van der Waals surface area (Å²) in [5.41, 5.74) is 6.49. The number of nitrogens with one attached hydrogen (secondary N) is 1. The molecule has 4 N–H and O–H groups in total. The van der Waals surface area contributed by atoms with Crippen molar-refractivity contribution in [1.82, 2.24) is 10.2 Å². The molecule has 3 heterocycles. The maximum atomic E-state index is 12.8. The third-order valence-electron chi connectivity index (χ3n) is 5.84. The maximum absolute atomic E-state index is 12.8. The van der Waals surface area contributed by atoms with Crippen molar-refractivity contribution in [2.75, 3.05) is 51.7 Å². The van der Waals surface area contributed by atoms with Crippen LogP contribution in [0.1, 0.15) is 29.6 Å². The van der Waals surface area contributed by atoms with Crippen molar-refractivity contribution in [3.05, 3.63) is 16.7 Å². The Morgan fingerprint density at radius 2 is 2.07 bits per heavy atom. The summed E-state index contributed by atoms with van der Waals surface area (Å²) >= 11 is 6.17. The van der Waals surface area contributed by atoms with Gasteiger partial charge in [0.2, 0.25) is 0 Å². The summed E-state index contributed by atoms with van der Waals surface area (Å²) in [4.78, 5) is 15.0. The number of hydrogen-bond acceptors (Lipinski definition) is 7. The fourth-order valence-corrected chi connectivity index (χ4v) is 4.41. The highest BCUT2D eigenvalue weighted by atomic mass is 35.5. The van der Waals surface area contributed by atoms with Gasteiger partial charge < -0.3 is 30.4 Å². The van der Waals surface area contributed by atoms with E-state index in [4.69, 9.17) is 31.5 Å². The highest BCUT2D eigenvalue weighted by Gasteiger charge is 2.31. The van der Waals surface area contributed by atoms with Crippen molar-refractivity contribution in [2.45, 2.75) is 31.5 Å². The molecule has 3 aliphatic heterocycles. The first-order chi connectivity index (χ1) is 14.0. The number of fused-ring (bicyclic) bond motifs is 1. The van der Waals surface area contributed by atoms with E-state index < -0.39 is 6.10 Å². The monoisotopic (exact) mass is 425 g/mol. The molecular formula is C20H28ClN3O5. The Labute approximate surface area is 175 Å². The lowest BCUT2D eigenvalue weighted by atomic mass is 9.93. The quantitative estimate of drug-likeness (QED) is 0.610. The van der Waals surface area contributed by atoms with Crippen LogP contribution < -0.4 is 20.5 Å². The number of nitrogens with two attached hydrogens (primary N) is 1. The van der Waals surface area contributed by atoms with Crippen LogP contribution in [0.25, 0.3) is 0 Å². The predicted molar refractivity (Wildman–Crippen MR) is 109 cm³/mol. The summed E-state index contributed by atoms with van der Waals surface area (Å²) in [6.45, 7) is 4.26. The van der Waals surface area contributed by atoms with Crippen molar-refractivity contribution in [2.24, 2.45) is 5.92 Å². The molecule has 2 unspecified atom stereocenters. The number of ether oxygens (including phenoxy) is 3. The predicted octanol–water partition coefficient (Wildman–Crippen LogP) is 1.28. The van der Waals surface area contributed by atoms with Gasteiger partial charge in [-0.1, -0.05) is 11.6 Å². The van der Waals surface area contributed by atoms with E-state index in [-0.39, 0.29) is 28.6 Å². The van der Waals surface area contributed by atoms with E-state index in [0.29, 0.717) is 43.4 Å². The number of benzene rings is 1. The number of carbonyl (C=O) groups excluding carboxylic acids is 1. The van der Waals surface area contributed by atoms with E-state index in [1.54, 1.807) is 0 Å². The molecule has 0 bridgehead atoms. The number of rotatable bonds is 5. The molecule has 29 heavy (non-hydrogen) atoms. The number of hydrogen-bond donors (Lipinski definition) is 3. The van der Waals surface area contributed by atoms with Gasteiger partial charge in [0.1, 0.15) is 18.2 Å². The average Bonchev–Trinajstić information content (AvgIpc) is 3.23. The lowest BCUT2D eigenvalue weighted by Gasteiger charge is -2.37. The van der Waals surface area contributed by atoms with Crippen LogP contribution in [-0.2, 0) is 4.74 Å². The van der Waals surface area contributed by atoms with Crippen LogP contribution in [0.5, 0.6) is 11.5 Å². The molecule has 2 saturated heterocycles. The van der Waals surface area contributed by atoms with Gasteiger partial charge in [-0.3, -0.25) is 9.69 Å². The van der Waals surface area contributed by atoms with Crippen molar-refractivity contribution in [3.8, 4) is 11.5 Å². The zero-order valence-corrected chi connectivity index (χ0v) is 17.1. The second-order valence-corrected chi connectivity index (χ2v) is 8.28. The number of amides is 1. The number of nitrogens with zero attached hydrogens (tertiary/aromatic N) is 1. The molecule has 9 heteroatoms. The summed E-state index contributed by atoms with van der Waals surface area (Å²) in [5.74, 6) is 0.312. The SMILES string of the molecule is Nc1cc(C(=O)NC[C@@H]2CCN(CC3CCCO3)CC2O)c2c(c1Cl)OCCO2. The highest BCUT2D eigenvalue weighted by molar-refractivity contribution is 6.35. The third kappa shape index (κ3) is 4.55. The van der Waals surface area contributed by atoms with Crippen molar-refractivity contribution < 1.29 is 24.1 Å². The summed E-state index contributed by atoms with van der Waals surface area (Å²) in [6.07, 6.45) is 2.81. The molecule has 1 aromatic carbocycles. The number of β-amino-alcohol motifs (C(OH)–C–C–N with tert-alkyl or cyclic N) is 1. The molecule has 0 radical (unpaired) electrons. The lowest BCUT2D eigenvalue weighted by molar-refractivity contribution is -0.00192. The lowest BCUT2D eigenvalue weighted by Crippen LogP contribution is -2.49. The minimum atomic E-state index is -0.491. The molecule has 2 fully saturated rings. The van der Waals surface area contributed by atoms with Crippen LogP contribution in [0.4, 0.5) is 5.69 Å². The molecule has 3 atom stereocenters. The Balaban J connectivity index is 1.34. The first-order valence-electron chi connectivity index (χ1n) is 10.2. The van der Waals surface area contributed by atoms with Crippen molar-refractivity contribution in [3.63, 3.8) is 0 Å². The van der Waals surface area contributed by atoms with Gasteiger partial charge in [-0.15, -0.1) is 0 Å². The van der Waals surface area contributed by atoms with E-state index in [1.165, 1.54) is 6.07 Å². The Bertz CT molecular complexity index is 756. The molecule has 1 aromatic rings. The van der Waals surface area contributed by atoms with Crippen LogP contribution >= 0.6 is 11.6 Å². The molecule has 0 aliphatic carbocycles. The second kappa shape index (κ2) is 8.95. The van der Waals surface area contributed by atoms with Crippen LogP contribution in [0.2, 0.25) is 5.02 Å². The molecular weight excluding hydrogens is 398 g/mol. The second-order valence-electron chi connectivity index (χ2n) is 7.90. The van der Waals surface area contributed by atoms with Crippen LogP contribution in [0.15, 0.2) is 6.07 Å². The molecule has 160 valence electrons. The van der Waals surface area contributed by atoms with E-state index in [1.807, 2.05) is 0 Å². The number of likely N-dealkylation sites (tertiary alicyclic amines) is 1. The fraction of sp³-hybridized carbons (Fsp3) is 0.650. The van der Waals surface area contributed by atoms with E-state index in [2.05, 4.69) is 10.2 Å². The van der Waals surface area contributed by atoms with Gasteiger partial charge in [0.15, 0.2) is 11.5 Å². The minimum absolute atomic E-state index is 0.00246. The van der Waals surface area contributed by atoms with Crippen molar-refractivity contribution >= 4 is 23.2 Å². The van der Waals surface area contributed by atoms with Gasteiger partial charge in [0, 0.05) is 32.2 Å². The maximum Gasteiger partial charge on any atom is 0.255 e. The normalized spacial score (nSPS) is 27.0. The zero-order valence-electron chi connectivity index (χ0n) is 16.4. The van der Waals surface area contributed by atoms with Crippen LogP contribution in [-0.4, -0.2) is 74.1 Å². The summed E-state index contributed by atoms with van der Waals surface area (Å²) in [5, 5.41) is 13.7. The number of halogens is 1. The van der Waals surface area contributed by atoms with Crippen LogP contribution in [0, 0.1) is 5.92 Å². The standard InChI is InChI=1S/C20H28ClN3O5/c21-17-15(22)8-14(18-19(17)29-7-6-28-18)20(26)23-9-12-3-4-24(11-16(12)25)10-13-2-1-5-27-13/h8,12-13,16,25H,1-7,9-11,22H2,(H,23,26)/t12-,13?,16?/m0/s1. The van der Waals surface area contributed by atoms with E-state index >= 15 is 0 Å². The molecule has 4 rings (SSSR count). The van der Waals surface area contributed by atoms with E-state index in [9.17, 15) is 9.90 Å². The average molecular weight is 426 g/mol. The number of anilines is 1. The number of nitrogen functional groups attached to an aromatic ring is 1. The highest BCUT2D eigenvalue weighted by Crippen LogP contribution is 2.43. The minimum Gasteiger partial charge on any atom is -0.485 e. The van der Waals surface area contributed by atoms with Gasteiger partial charge in [-0.25, -0.2) is 0 Å². The summed E-state index contributed by atoms with van der Waals surface area (Å²) < 4.78 is 16.8. The van der Waals surface area contributed by atoms with E-state index in [0.717, 1.165) is 39.0 Å². The summed E-state index contributed by atoms with van der Waals surface area (Å²) in [7, 11) is 0. The largest absolute Gasteiger partial charge is 0.485 e. The van der Waals surface area contributed by atoms with Crippen molar-refractivity contribution in [1.29, 1.82) is 0 Å². The Morgan fingerprint density at radius 3 is 2.79 bits per heavy atom. The Hall–Kier alpha value is -1.74. The number of piperidine rings is 1. The fourth-order valence-electron chi connectivity index (χ4n) is 4.21. The Morgan fingerprint density at radius 1 is 1.28 bits per heavy atom.